The number of aryl methyl sites for hydroxylation is 1. The zero-order valence-electron chi connectivity index (χ0n) is 11.4. The Hall–Kier alpha value is -1.61. The summed E-state index contributed by atoms with van der Waals surface area (Å²) < 4.78 is 5.65. The summed E-state index contributed by atoms with van der Waals surface area (Å²) in [5.74, 6) is 1.39. The van der Waals surface area contributed by atoms with Gasteiger partial charge in [0.05, 0.1) is 12.3 Å². The minimum absolute atomic E-state index is 0.273. The summed E-state index contributed by atoms with van der Waals surface area (Å²) >= 11 is 5.87. The topological polar surface area (TPSA) is 35.0 Å². The van der Waals surface area contributed by atoms with Gasteiger partial charge in [-0.05, 0) is 54.8 Å². The van der Waals surface area contributed by atoms with Crippen LogP contribution in [0.15, 0.2) is 30.3 Å². The Morgan fingerprint density at radius 1 is 1.16 bits per heavy atom. The molecule has 100 valence electrons. The number of ether oxygens (including phenoxy) is 1. The summed E-state index contributed by atoms with van der Waals surface area (Å²) in [5.41, 5.74) is 2.69. The molecule has 0 N–H and O–H groups in total. The highest BCUT2D eigenvalue weighted by Crippen LogP contribution is 2.22. The second-order valence-electron chi connectivity index (χ2n) is 4.89. The summed E-state index contributed by atoms with van der Waals surface area (Å²) in [4.78, 5) is 8.28. The third kappa shape index (κ3) is 3.93. The molecule has 1 aromatic carbocycles. The van der Waals surface area contributed by atoms with Gasteiger partial charge in [-0.15, -0.1) is 0 Å². The van der Waals surface area contributed by atoms with E-state index in [1.807, 2.05) is 37.3 Å². The quantitative estimate of drug-likeness (QED) is 0.787. The molecule has 3 nitrogen and oxygen atoms in total. The minimum atomic E-state index is 0.273. The minimum Gasteiger partial charge on any atom is -0.493 e. The summed E-state index contributed by atoms with van der Waals surface area (Å²) in [6.45, 7) is 6.87. The Bertz CT molecular complexity index is 532. The Morgan fingerprint density at radius 3 is 2.42 bits per heavy atom. The maximum atomic E-state index is 5.87. The lowest BCUT2D eigenvalue weighted by molar-refractivity contribution is 0.271. The second-order valence-corrected chi connectivity index (χ2v) is 5.23. The van der Waals surface area contributed by atoms with Crippen molar-refractivity contribution < 1.29 is 4.74 Å². The van der Waals surface area contributed by atoms with Crippen molar-refractivity contribution in [2.24, 2.45) is 5.92 Å². The molecule has 2 rings (SSSR count). The molecule has 19 heavy (non-hydrogen) atoms. The van der Waals surface area contributed by atoms with Crippen molar-refractivity contribution in [1.29, 1.82) is 0 Å². The van der Waals surface area contributed by atoms with Crippen molar-refractivity contribution in [3.8, 4) is 17.0 Å². The highest BCUT2D eigenvalue weighted by atomic mass is 35.5. The van der Waals surface area contributed by atoms with Gasteiger partial charge in [-0.2, -0.15) is 0 Å². The molecule has 0 unspecified atom stereocenters. The van der Waals surface area contributed by atoms with Crippen molar-refractivity contribution in [3.63, 3.8) is 0 Å². The van der Waals surface area contributed by atoms with E-state index in [0.29, 0.717) is 5.92 Å². The normalized spacial score (nSPS) is 10.8. The monoisotopic (exact) mass is 276 g/mol. The van der Waals surface area contributed by atoms with E-state index in [1.165, 1.54) is 0 Å². The molecule has 0 atom stereocenters. The highest BCUT2D eigenvalue weighted by molar-refractivity contribution is 6.28. The lowest BCUT2D eigenvalue weighted by Crippen LogP contribution is -2.04. The number of hydrogen-bond donors (Lipinski definition) is 0. The first kappa shape index (κ1) is 13.8. The van der Waals surface area contributed by atoms with Gasteiger partial charge in [0.15, 0.2) is 0 Å². The third-order valence-corrected chi connectivity index (χ3v) is 2.73. The first-order valence-electron chi connectivity index (χ1n) is 6.29. The number of nitrogens with zero attached hydrogens (tertiary/aromatic N) is 2. The van der Waals surface area contributed by atoms with E-state index >= 15 is 0 Å². The van der Waals surface area contributed by atoms with Crippen LogP contribution in [0.1, 0.15) is 19.5 Å². The third-order valence-electron chi connectivity index (χ3n) is 2.56. The fourth-order valence-corrected chi connectivity index (χ4v) is 1.89. The maximum absolute atomic E-state index is 5.87. The standard InChI is InChI=1S/C15H17ClN2O/c1-10(2)9-19-13-6-4-12(5-7-13)14-8-11(3)17-15(16)18-14/h4-8,10H,9H2,1-3H3. The van der Waals surface area contributed by atoms with Gasteiger partial charge in [-0.1, -0.05) is 13.8 Å². The fourth-order valence-electron chi connectivity index (χ4n) is 1.67. The Morgan fingerprint density at radius 2 is 1.84 bits per heavy atom. The van der Waals surface area contributed by atoms with Crippen LogP contribution < -0.4 is 4.74 Å². The first-order valence-corrected chi connectivity index (χ1v) is 6.67. The molecule has 0 amide bonds. The van der Waals surface area contributed by atoms with E-state index in [0.717, 1.165) is 29.3 Å². The molecule has 0 aliphatic carbocycles. The molecule has 0 saturated carbocycles. The van der Waals surface area contributed by atoms with Gasteiger partial charge in [0.2, 0.25) is 5.28 Å². The van der Waals surface area contributed by atoms with Gasteiger partial charge in [-0.25, -0.2) is 9.97 Å². The molecule has 0 saturated heterocycles. The van der Waals surface area contributed by atoms with Crippen molar-refractivity contribution >= 4 is 11.6 Å². The average Bonchev–Trinajstić information content (AvgIpc) is 2.36. The van der Waals surface area contributed by atoms with Gasteiger partial charge in [0, 0.05) is 11.3 Å². The van der Waals surface area contributed by atoms with E-state index in [9.17, 15) is 0 Å². The average molecular weight is 277 g/mol. The van der Waals surface area contributed by atoms with E-state index in [2.05, 4.69) is 23.8 Å². The van der Waals surface area contributed by atoms with Gasteiger partial charge in [-0.3, -0.25) is 0 Å². The van der Waals surface area contributed by atoms with Crippen LogP contribution in [0, 0.1) is 12.8 Å². The molecular weight excluding hydrogens is 260 g/mol. The molecule has 4 heteroatoms. The van der Waals surface area contributed by atoms with Crippen LogP contribution in [0.4, 0.5) is 0 Å². The van der Waals surface area contributed by atoms with E-state index in [4.69, 9.17) is 16.3 Å². The molecule has 0 aliphatic rings. The molecule has 0 fully saturated rings. The van der Waals surface area contributed by atoms with Gasteiger partial charge >= 0.3 is 0 Å². The number of aromatic nitrogens is 2. The molecule has 1 aromatic heterocycles. The Labute approximate surface area is 118 Å². The van der Waals surface area contributed by atoms with Gasteiger partial charge < -0.3 is 4.74 Å². The van der Waals surface area contributed by atoms with Crippen LogP contribution in [0.25, 0.3) is 11.3 Å². The first-order chi connectivity index (χ1) is 9.04. The van der Waals surface area contributed by atoms with Crippen LogP contribution in [0.5, 0.6) is 5.75 Å². The lowest BCUT2D eigenvalue weighted by atomic mass is 10.1. The molecule has 0 spiro atoms. The van der Waals surface area contributed by atoms with E-state index < -0.39 is 0 Å². The van der Waals surface area contributed by atoms with Crippen molar-refractivity contribution in [2.75, 3.05) is 6.61 Å². The van der Waals surface area contributed by atoms with Crippen molar-refractivity contribution in [2.45, 2.75) is 20.8 Å². The summed E-state index contributed by atoms with van der Waals surface area (Å²) in [7, 11) is 0. The highest BCUT2D eigenvalue weighted by Gasteiger charge is 2.04. The van der Waals surface area contributed by atoms with E-state index in [-0.39, 0.29) is 5.28 Å². The van der Waals surface area contributed by atoms with Crippen molar-refractivity contribution in [3.05, 3.63) is 41.3 Å². The summed E-state index contributed by atoms with van der Waals surface area (Å²) in [6.07, 6.45) is 0. The predicted octanol–water partition coefficient (Wildman–Crippen LogP) is 4.14. The Balaban J connectivity index is 2.17. The summed E-state index contributed by atoms with van der Waals surface area (Å²) in [6, 6.07) is 9.77. The molecule has 0 aliphatic heterocycles. The van der Waals surface area contributed by atoms with E-state index in [1.54, 1.807) is 0 Å². The molecular formula is C15H17ClN2O. The molecule has 0 radical (unpaired) electrons. The van der Waals surface area contributed by atoms with Crippen LogP contribution in [0.3, 0.4) is 0 Å². The smallest absolute Gasteiger partial charge is 0.223 e. The molecule has 1 heterocycles. The van der Waals surface area contributed by atoms with Crippen molar-refractivity contribution in [1.82, 2.24) is 9.97 Å². The number of rotatable bonds is 4. The van der Waals surface area contributed by atoms with Gasteiger partial charge in [0.25, 0.3) is 0 Å². The van der Waals surface area contributed by atoms with Crippen LogP contribution >= 0.6 is 11.6 Å². The zero-order valence-corrected chi connectivity index (χ0v) is 12.1. The molecule has 2 aromatic rings. The van der Waals surface area contributed by atoms with Crippen LogP contribution in [-0.2, 0) is 0 Å². The lowest BCUT2D eigenvalue weighted by Gasteiger charge is -2.09. The van der Waals surface area contributed by atoms with Crippen LogP contribution in [-0.4, -0.2) is 16.6 Å². The largest absolute Gasteiger partial charge is 0.493 e. The number of hydrogen-bond acceptors (Lipinski definition) is 3. The Kier molecular flexibility index (Phi) is 4.38. The number of halogens is 1. The second kappa shape index (κ2) is 6.02. The SMILES string of the molecule is Cc1cc(-c2ccc(OCC(C)C)cc2)nc(Cl)n1. The molecule has 0 bridgehead atoms. The van der Waals surface area contributed by atoms with Crippen LogP contribution in [0.2, 0.25) is 5.28 Å². The fraction of sp³-hybridized carbons (Fsp3) is 0.333. The summed E-state index contributed by atoms with van der Waals surface area (Å²) in [5, 5.41) is 0.273. The van der Waals surface area contributed by atoms with Gasteiger partial charge in [0.1, 0.15) is 5.75 Å². The number of benzene rings is 1. The maximum Gasteiger partial charge on any atom is 0.223 e. The zero-order chi connectivity index (χ0) is 13.8. The predicted molar refractivity (Wildman–Crippen MR) is 77.5 cm³/mol.